The van der Waals surface area contributed by atoms with Gasteiger partial charge in [0.05, 0.1) is 10.2 Å². The van der Waals surface area contributed by atoms with E-state index in [1.807, 2.05) is 18.2 Å². The van der Waals surface area contributed by atoms with Gasteiger partial charge in [-0.1, -0.05) is 29.9 Å². The zero-order valence-electron chi connectivity index (χ0n) is 10.3. The zero-order chi connectivity index (χ0) is 12.4. The van der Waals surface area contributed by atoms with E-state index in [2.05, 4.69) is 16.4 Å². The Balaban J connectivity index is 1.66. The molecule has 0 radical (unpaired) electrons. The molecule has 0 amide bonds. The molecule has 1 saturated carbocycles. The molecule has 1 aliphatic carbocycles. The van der Waals surface area contributed by atoms with Crippen LogP contribution in [0.3, 0.4) is 0 Å². The summed E-state index contributed by atoms with van der Waals surface area (Å²) in [6.07, 6.45) is 3.64. The molecule has 2 aromatic rings. The molecule has 18 heavy (non-hydrogen) atoms. The largest absolute Gasteiger partial charge is 0.396 e. The molecule has 2 N–H and O–H groups in total. The second-order valence-corrected chi connectivity index (χ2v) is 6.03. The molecule has 1 fully saturated rings. The molecule has 0 bridgehead atoms. The molecule has 4 heteroatoms. The van der Waals surface area contributed by atoms with Gasteiger partial charge in [-0.2, -0.15) is 0 Å². The van der Waals surface area contributed by atoms with Gasteiger partial charge in [-0.3, -0.25) is 0 Å². The molecule has 0 saturated heterocycles. The summed E-state index contributed by atoms with van der Waals surface area (Å²) in [7, 11) is 0. The summed E-state index contributed by atoms with van der Waals surface area (Å²) in [5.41, 5.74) is 1.06. The van der Waals surface area contributed by atoms with Crippen molar-refractivity contribution in [3.05, 3.63) is 24.3 Å². The molecule has 3 nitrogen and oxygen atoms in total. The Labute approximate surface area is 111 Å². The van der Waals surface area contributed by atoms with Gasteiger partial charge in [0.15, 0.2) is 5.13 Å². The van der Waals surface area contributed by atoms with E-state index in [0.29, 0.717) is 18.4 Å². The number of benzene rings is 1. The van der Waals surface area contributed by atoms with Crippen LogP contribution in [0.1, 0.15) is 19.3 Å². The molecular weight excluding hydrogens is 244 g/mol. The number of thiazole rings is 1. The first-order valence-electron chi connectivity index (χ1n) is 6.57. The Kier molecular flexibility index (Phi) is 3.48. The maximum atomic E-state index is 9.31. The molecule has 2 unspecified atom stereocenters. The van der Waals surface area contributed by atoms with Crippen LogP contribution in [0.5, 0.6) is 0 Å². The highest BCUT2D eigenvalue weighted by Crippen LogP contribution is 2.32. The van der Waals surface area contributed by atoms with Crippen molar-refractivity contribution in [3.8, 4) is 0 Å². The van der Waals surface area contributed by atoms with E-state index >= 15 is 0 Å². The quantitative estimate of drug-likeness (QED) is 0.890. The summed E-state index contributed by atoms with van der Waals surface area (Å²) in [4.78, 5) is 4.57. The SMILES string of the molecule is OCC1CCCC1CNc1nc2ccccc2s1. The number of fused-ring (bicyclic) bond motifs is 1. The second-order valence-electron chi connectivity index (χ2n) is 5.00. The van der Waals surface area contributed by atoms with E-state index in [1.165, 1.54) is 24.0 Å². The van der Waals surface area contributed by atoms with E-state index in [1.54, 1.807) is 11.3 Å². The fourth-order valence-corrected chi connectivity index (χ4v) is 3.66. The molecule has 0 aliphatic heterocycles. The minimum Gasteiger partial charge on any atom is -0.396 e. The molecule has 1 aliphatic rings. The van der Waals surface area contributed by atoms with E-state index in [-0.39, 0.29) is 0 Å². The highest BCUT2D eigenvalue weighted by molar-refractivity contribution is 7.22. The molecule has 2 atom stereocenters. The third kappa shape index (κ3) is 2.35. The number of nitrogens with zero attached hydrogens (tertiary/aromatic N) is 1. The summed E-state index contributed by atoms with van der Waals surface area (Å²) < 4.78 is 1.23. The van der Waals surface area contributed by atoms with Crippen LogP contribution in [0.15, 0.2) is 24.3 Å². The standard InChI is InChI=1S/C14H18N2OS/c17-9-11-5-3-4-10(11)8-15-14-16-12-6-1-2-7-13(12)18-14/h1-2,6-7,10-11,17H,3-5,8-9H2,(H,15,16). The minimum atomic E-state index is 0.326. The van der Waals surface area contributed by atoms with Gasteiger partial charge in [-0.25, -0.2) is 4.98 Å². The van der Waals surface area contributed by atoms with Crippen LogP contribution in [0, 0.1) is 11.8 Å². The first-order valence-corrected chi connectivity index (χ1v) is 7.39. The number of hydrogen-bond acceptors (Lipinski definition) is 4. The Morgan fingerprint density at radius 2 is 2.11 bits per heavy atom. The van der Waals surface area contributed by atoms with Gasteiger partial charge in [-0.15, -0.1) is 0 Å². The third-order valence-electron chi connectivity index (χ3n) is 3.86. The van der Waals surface area contributed by atoms with Gasteiger partial charge < -0.3 is 10.4 Å². The van der Waals surface area contributed by atoms with Crippen molar-refractivity contribution in [2.75, 3.05) is 18.5 Å². The average Bonchev–Trinajstić information content (AvgIpc) is 3.01. The van der Waals surface area contributed by atoms with E-state index in [9.17, 15) is 5.11 Å². The Morgan fingerprint density at radius 3 is 2.94 bits per heavy atom. The van der Waals surface area contributed by atoms with Crippen LogP contribution < -0.4 is 5.32 Å². The Bertz CT molecular complexity index is 492. The van der Waals surface area contributed by atoms with Gasteiger partial charge in [0.2, 0.25) is 0 Å². The van der Waals surface area contributed by atoms with Crippen LogP contribution in [-0.2, 0) is 0 Å². The van der Waals surface area contributed by atoms with Crippen molar-refractivity contribution < 1.29 is 5.11 Å². The fraction of sp³-hybridized carbons (Fsp3) is 0.500. The van der Waals surface area contributed by atoms with E-state index in [0.717, 1.165) is 17.2 Å². The number of aliphatic hydroxyl groups is 1. The van der Waals surface area contributed by atoms with Crippen molar-refractivity contribution >= 4 is 26.7 Å². The van der Waals surface area contributed by atoms with Crippen LogP contribution in [-0.4, -0.2) is 23.2 Å². The number of nitrogens with one attached hydrogen (secondary N) is 1. The van der Waals surface area contributed by atoms with Gasteiger partial charge in [0, 0.05) is 13.2 Å². The Morgan fingerprint density at radius 1 is 1.28 bits per heavy atom. The maximum absolute atomic E-state index is 9.31. The lowest BCUT2D eigenvalue weighted by atomic mass is 9.97. The molecule has 96 valence electrons. The number of rotatable bonds is 4. The minimum absolute atomic E-state index is 0.326. The lowest BCUT2D eigenvalue weighted by molar-refractivity contribution is 0.199. The third-order valence-corrected chi connectivity index (χ3v) is 4.85. The monoisotopic (exact) mass is 262 g/mol. The zero-order valence-corrected chi connectivity index (χ0v) is 11.1. The molecular formula is C14H18N2OS. The van der Waals surface area contributed by atoms with Gasteiger partial charge in [0.25, 0.3) is 0 Å². The molecule has 1 aromatic carbocycles. The highest BCUT2D eigenvalue weighted by Gasteiger charge is 2.26. The summed E-state index contributed by atoms with van der Waals surface area (Å²) in [5, 5.41) is 13.7. The van der Waals surface area contributed by atoms with Crippen molar-refractivity contribution in [3.63, 3.8) is 0 Å². The summed E-state index contributed by atoms with van der Waals surface area (Å²) in [6.45, 7) is 1.26. The fourth-order valence-electron chi connectivity index (χ4n) is 2.79. The lowest BCUT2D eigenvalue weighted by Gasteiger charge is -2.17. The van der Waals surface area contributed by atoms with Crippen molar-refractivity contribution in [1.82, 2.24) is 4.98 Å². The van der Waals surface area contributed by atoms with Gasteiger partial charge in [0.1, 0.15) is 0 Å². The number of para-hydroxylation sites is 1. The Hall–Kier alpha value is -1.13. The number of aliphatic hydroxyl groups excluding tert-OH is 1. The molecule has 0 spiro atoms. The average molecular weight is 262 g/mol. The second kappa shape index (κ2) is 5.24. The van der Waals surface area contributed by atoms with E-state index in [4.69, 9.17) is 0 Å². The van der Waals surface area contributed by atoms with Gasteiger partial charge >= 0.3 is 0 Å². The summed E-state index contributed by atoms with van der Waals surface area (Å²) in [6, 6.07) is 8.21. The van der Waals surface area contributed by atoms with Crippen molar-refractivity contribution in [2.24, 2.45) is 11.8 Å². The first kappa shape index (κ1) is 11.9. The highest BCUT2D eigenvalue weighted by atomic mass is 32.1. The number of hydrogen-bond donors (Lipinski definition) is 2. The normalized spacial score (nSPS) is 23.6. The summed E-state index contributed by atoms with van der Waals surface area (Å²) in [5.74, 6) is 1.08. The van der Waals surface area contributed by atoms with E-state index < -0.39 is 0 Å². The van der Waals surface area contributed by atoms with Crippen molar-refractivity contribution in [1.29, 1.82) is 0 Å². The van der Waals surface area contributed by atoms with Gasteiger partial charge in [-0.05, 0) is 36.8 Å². The molecule has 1 aromatic heterocycles. The molecule has 1 heterocycles. The predicted octanol–water partition coefficient (Wildman–Crippen LogP) is 3.12. The predicted molar refractivity (Wildman–Crippen MR) is 76.0 cm³/mol. The summed E-state index contributed by atoms with van der Waals surface area (Å²) >= 11 is 1.70. The van der Waals surface area contributed by atoms with Crippen molar-refractivity contribution in [2.45, 2.75) is 19.3 Å². The van der Waals surface area contributed by atoms with Crippen LogP contribution in [0.4, 0.5) is 5.13 Å². The topological polar surface area (TPSA) is 45.1 Å². The smallest absolute Gasteiger partial charge is 0.183 e. The van der Waals surface area contributed by atoms with Crippen LogP contribution >= 0.6 is 11.3 Å². The molecule has 3 rings (SSSR count). The number of anilines is 1. The van der Waals surface area contributed by atoms with Crippen LogP contribution in [0.25, 0.3) is 10.2 Å². The van der Waals surface area contributed by atoms with Crippen LogP contribution in [0.2, 0.25) is 0 Å². The first-order chi connectivity index (χ1) is 8.86. The maximum Gasteiger partial charge on any atom is 0.183 e. The lowest BCUT2D eigenvalue weighted by Crippen LogP contribution is -2.20. The number of aromatic nitrogens is 1.